The number of nitrogens with one attached hydrogen (secondary N) is 3. The van der Waals surface area contributed by atoms with E-state index in [0.29, 0.717) is 29.1 Å². The van der Waals surface area contributed by atoms with Crippen LogP contribution in [0.25, 0.3) is 11.3 Å². The van der Waals surface area contributed by atoms with Gasteiger partial charge < -0.3 is 20.7 Å². The third kappa shape index (κ3) is 4.96. The van der Waals surface area contributed by atoms with Crippen LogP contribution in [0.1, 0.15) is 40.9 Å². The van der Waals surface area contributed by atoms with E-state index in [2.05, 4.69) is 35.0 Å². The zero-order valence-corrected chi connectivity index (χ0v) is 18.8. The van der Waals surface area contributed by atoms with E-state index in [1.165, 1.54) is 5.56 Å². The lowest BCUT2D eigenvalue weighted by molar-refractivity contribution is -0.110. The van der Waals surface area contributed by atoms with Gasteiger partial charge in [-0.1, -0.05) is 55.5 Å². The van der Waals surface area contributed by atoms with E-state index in [1.807, 2.05) is 42.5 Å². The van der Waals surface area contributed by atoms with Gasteiger partial charge in [-0.2, -0.15) is 0 Å². The quantitative estimate of drug-likeness (QED) is 0.342. The van der Waals surface area contributed by atoms with Crippen LogP contribution in [0.5, 0.6) is 0 Å². The number of ether oxygens (including phenoxy) is 1. The topological polar surface area (TPSA) is 79.5 Å². The highest BCUT2D eigenvalue weighted by molar-refractivity contribution is 6.37. The second kappa shape index (κ2) is 10.1. The monoisotopic (exact) mass is 441 g/mol. The molecular formula is C27H27N3O3. The SMILES string of the molecule is CCNCc1ccc(N/C(=C2\C(=O)Nc3cc(C(=O)OCC)ccc32)c2ccccc2)cc1. The Balaban J connectivity index is 1.74. The number of amides is 1. The molecule has 0 saturated carbocycles. The second-order valence-electron chi connectivity index (χ2n) is 7.65. The number of carbonyl (C=O) groups excluding carboxylic acids is 2. The van der Waals surface area contributed by atoms with E-state index in [1.54, 1.807) is 25.1 Å². The summed E-state index contributed by atoms with van der Waals surface area (Å²) in [6, 6.07) is 23.0. The Labute approximate surface area is 193 Å². The molecule has 1 amide bonds. The Bertz CT molecular complexity index is 1180. The number of benzene rings is 3. The van der Waals surface area contributed by atoms with E-state index in [4.69, 9.17) is 4.74 Å². The first kappa shape index (κ1) is 22.3. The largest absolute Gasteiger partial charge is 0.462 e. The first-order valence-corrected chi connectivity index (χ1v) is 11.1. The molecule has 0 radical (unpaired) electrons. The Morgan fingerprint density at radius 3 is 2.39 bits per heavy atom. The molecule has 0 atom stereocenters. The van der Waals surface area contributed by atoms with Gasteiger partial charge in [0.25, 0.3) is 5.91 Å². The summed E-state index contributed by atoms with van der Waals surface area (Å²) < 4.78 is 5.09. The molecule has 0 aromatic heterocycles. The molecule has 0 saturated heterocycles. The number of esters is 1. The third-order valence-corrected chi connectivity index (χ3v) is 5.39. The summed E-state index contributed by atoms with van der Waals surface area (Å²) >= 11 is 0. The summed E-state index contributed by atoms with van der Waals surface area (Å²) in [5.74, 6) is -0.632. The molecule has 0 spiro atoms. The summed E-state index contributed by atoms with van der Waals surface area (Å²) in [6.07, 6.45) is 0. The van der Waals surface area contributed by atoms with Gasteiger partial charge in [0.1, 0.15) is 0 Å². The molecule has 3 aromatic rings. The zero-order valence-electron chi connectivity index (χ0n) is 18.8. The molecule has 0 fully saturated rings. The molecule has 3 N–H and O–H groups in total. The number of hydrogen-bond donors (Lipinski definition) is 3. The number of fused-ring (bicyclic) bond motifs is 1. The maximum absolute atomic E-state index is 13.1. The Morgan fingerprint density at radius 1 is 0.939 bits per heavy atom. The molecule has 6 heteroatoms. The molecule has 6 nitrogen and oxygen atoms in total. The summed E-state index contributed by atoms with van der Waals surface area (Å²) in [5.41, 5.74) is 5.93. The summed E-state index contributed by atoms with van der Waals surface area (Å²) in [4.78, 5) is 25.2. The Hall–Kier alpha value is -3.90. The molecule has 1 aliphatic heterocycles. The Kier molecular flexibility index (Phi) is 6.86. The molecule has 1 aliphatic rings. The van der Waals surface area contributed by atoms with Gasteiger partial charge in [-0.25, -0.2) is 4.79 Å². The standard InChI is InChI=1S/C27H27N3O3/c1-3-28-17-18-10-13-21(14-11-18)29-25(19-8-6-5-7-9-19)24-22-15-12-20(27(32)33-4-2)16-23(22)30-26(24)31/h5-16,28-29H,3-4,17H2,1-2H3,(H,30,31)/b25-24-. The molecule has 4 rings (SSSR count). The van der Waals surface area contributed by atoms with Gasteiger partial charge in [-0.15, -0.1) is 0 Å². The van der Waals surface area contributed by atoms with E-state index < -0.39 is 5.97 Å². The van der Waals surface area contributed by atoms with Crippen LogP contribution < -0.4 is 16.0 Å². The first-order valence-electron chi connectivity index (χ1n) is 11.1. The molecular weight excluding hydrogens is 414 g/mol. The lowest BCUT2D eigenvalue weighted by atomic mass is 9.99. The summed E-state index contributed by atoms with van der Waals surface area (Å²) in [5, 5.41) is 9.67. The van der Waals surface area contributed by atoms with Crippen molar-refractivity contribution in [3.05, 3.63) is 95.1 Å². The smallest absolute Gasteiger partial charge is 0.338 e. The van der Waals surface area contributed by atoms with E-state index >= 15 is 0 Å². The molecule has 33 heavy (non-hydrogen) atoms. The highest BCUT2D eigenvalue weighted by atomic mass is 16.5. The van der Waals surface area contributed by atoms with Crippen molar-refractivity contribution in [3.8, 4) is 0 Å². The van der Waals surface area contributed by atoms with Crippen molar-refractivity contribution in [1.29, 1.82) is 0 Å². The van der Waals surface area contributed by atoms with Crippen molar-refractivity contribution in [1.82, 2.24) is 5.32 Å². The highest BCUT2D eigenvalue weighted by Gasteiger charge is 2.29. The van der Waals surface area contributed by atoms with E-state index in [9.17, 15) is 9.59 Å². The van der Waals surface area contributed by atoms with Crippen LogP contribution in [-0.4, -0.2) is 25.0 Å². The minimum Gasteiger partial charge on any atom is -0.462 e. The lowest BCUT2D eigenvalue weighted by Crippen LogP contribution is -2.12. The van der Waals surface area contributed by atoms with Gasteiger partial charge in [0.15, 0.2) is 0 Å². The highest BCUT2D eigenvalue weighted by Crippen LogP contribution is 2.38. The van der Waals surface area contributed by atoms with Crippen LogP contribution in [0.4, 0.5) is 11.4 Å². The Morgan fingerprint density at radius 2 is 1.70 bits per heavy atom. The van der Waals surface area contributed by atoms with Crippen molar-refractivity contribution in [2.45, 2.75) is 20.4 Å². The predicted molar refractivity (Wildman–Crippen MR) is 132 cm³/mol. The van der Waals surface area contributed by atoms with Crippen molar-refractivity contribution >= 4 is 34.5 Å². The van der Waals surface area contributed by atoms with Gasteiger partial charge in [0, 0.05) is 17.8 Å². The number of anilines is 2. The predicted octanol–water partition coefficient (Wildman–Crippen LogP) is 4.91. The van der Waals surface area contributed by atoms with Crippen molar-refractivity contribution in [2.24, 2.45) is 0 Å². The maximum Gasteiger partial charge on any atom is 0.338 e. The molecule has 0 unspecified atom stereocenters. The molecule has 3 aromatic carbocycles. The van der Waals surface area contributed by atoms with Crippen LogP contribution in [0.3, 0.4) is 0 Å². The van der Waals surface area contributed by atoms with Crippen LogP contribution in [0.2, 0.25) is 0 Å². The minimum absolute atomic E-state index is 0.221. The average Bonchev–Trinajstić information content (AvgIpc) is 3.17. The average molecular weight is 442 g/mol. The van der Waals surface area contributed by atoms with E-state index in [0.717, 1.165) is 29.9 Å². The molecule has 0 aliphatic carbocycles. The lowest BCUT2D eigenvalue weighted by Gasteiger charge is -2.15. The number of rotatable bonds is 8. The fraction of sp³-hybridized carbons (Fsp3) is 0.185. The van der Waals surface area contributed by atoms with Crippen LogP contribution in [-0.2, 0) is 16.1 Å². The minimum atomic E-state index is -0.411. The summed E-state index contributed by atoms with van der Waals surface area (Å²) in [6.45, 7) is 5.86. The molecule has 168 valence electrons. The maximum atomic E-state index is 13.1. The van der Waals surface area contributed by atoms with Crippen molar-refractivity contribution in [3.63, 3.8) is 0 Å². The third-order valence-electron chi connectivity index (χ3n) is 5.39. The first-order chi connectivity index (χ1) is 16.1. The molecule has 0 bridgehead atoms. The number of carbonyl (C=O) groups is 2. The van der Waals surface area contributed by atoms with Gasteiger partial charge in [0.2, 0.25) is 0 Å². The fourth-order valence-electron chi connectivity index (χ4n) is 3.77. The fourth-order valence-corrected chi connectivity index (χ4v) is 3.77. The van der Waals surface area contributed by atoms with Gasteiger partial charge in [-0.05, 0) is 48.9 Å². The van der Waals surface area contributed by atoms with Crippen LogP contribution in [0.15, 0.2) is 72.8 Å². The van der Waals surface area contributed by atoms with Crippen LogP contribution in [0, 0.1) is 0 Å². The van der Waals surface area contributed by atoms with Gasteiger partial charge >= 0.3 is 5.97 Å². The summed E-state index contributed by atoms with van der Waals surface area (Å²) in [7, 11) is 0. The van der Waals surface area contributed by atoms with E-state index in [-0.39, 0.29) is 5.91 Å². The van der Waals surface area contributed by atoms with Gasteiger partial charge in [-0.3, -0.25) is 4.79 Å². The normalized spacial score (nSPS) is 13.8. The second-order valence-corrected chi connectivity index (χ2v) is 7.65. The van der Waals surface area contributed by atoms with Crippen molar-refractivity contribution in [2.75, 3.05) is 23.8 Å². The van der Waals surface area contributed by atoms with Gasteiger partial charge in [0.05, 0.1) is 29.1 Å². The molecule has 1 heterocycles. The zero-order chi connectivity index (χ0) is 23.2. The van der Waals surface area contributed by atoms with Crippen molar-refractivity contribution < 1.29 is 14.3 Å². The van der Waals surface area contributed by atoms with Crippen LogP contribution >= 0.6 is 0 Å². The number of hydrogen-bond acceptors (Lipinski definition) is 5.